The highest BCUT2D eigenvalue weighted by atomic mass is 35.5. The Hall–Kier alpha value is -4.12. The van der Waals surface area contributed by atoms with Crippen molar-refractivity contribution in [2.24, 2.45) is 0 Å². The molecule has 0 spiro atoms. The monoisotopic (exact) mass is 539 g/mol. The van der Waals surface area contributed by atoms with Gasteiger partial charge in [0, 0.05) is 49.5 Å². The minimum atomic E-state index is -0.298. The molecule has 1 N–H and O–H groups in total. The molecule has 7 nitrogen and oxygen atoms in total. The Balaban J connectivity index is 1.25. The maximum absolute atomic E-state index is 13.5. The molecular weight excluding hydrogens is 510 g/mol. The zero-order valence-electron chi connectivity index (χ0n) is 21.8. The molecule has 0 fully saturated rings. The molecule has 0 unspecified atom stereocenters. The normalized spacial score (nSPS) is 14.8. The summed E-state index contributed by atoms with van der Waals surface area (Å²) in [5, 5.41) is 12.9. The fourth-order valence-electron chi connectivity index (χ4n) is 5.05. The highest BCUT2D eigenvalue weighted by Crippen LogP contribution is 2.29. The predicted molar refractivity (Wildman–Crippen MR) is 150 cm³/mol. The van der Waals surface area contributed by atoms with E-state index in [1.165, 1.54) is 11.1 Å². The van der Waals surface area contributed by atoms with E-state index in [0.29, 0.717) is 49.6 Å². The summed E-state index contributed by atoms with van der Waals surface area (Å²) in [6.45, 7) is 2.43. The molecule has 1 aliphatic heterocycles. The number of carbonyl (C=O) groups excluding carboxylic acids is 1. The van der Waals surface area contributed by atoms with Gasteiger partial charge in [-0.05, 0) is 65.1 Å². The number of ether oxygens (including phenoxy) is 1. The summed E-state index contributed by atoms with van der Waals surface area (Å²) in [5.74, 6) is 0.827. The molecular formula is C31H30ClN5O2. The quantitative estimate of drug-likeness (QED) is 0.332. The molecule has 2 heterocycles. The van der Waals surface area contributed by atoms with Crippen molar-refractivity contribution in [1.82, 2.24) is 19.8 Å². The van der Waals surface area contributed by atoms with Gasteiger partial charge in [0.15, 0.2) is 0 Å². The summed E-state index contributed by atoms with van der Waals surface area (Å²) < 4.78 is 7.51. The SMILES string of the molecule is COc1ccc2c(c1)CN(Cc1cccc(Cl)c1)[C@H](C(=O)NCCc1cncn1Cc1ccc(C#N)cc1)C2. The van der Waals surface area contributed by atoms with Crippen LogP contribution >= 0.6 is 11.6 Å². The number of aromatic nitrogens is 2. The Morgan fingerprint density at radius 3 is 2.72 bits per heavy atom. The van der Waals surface area contributed by atoms with E-state index in [1.54, 1.807) is 13.4 Å². The number of hydrogen-bond acceptors (Lipinski definition) is 5. The molecule has 198 valence electrons. The van der Waals surface area contributed by atoms with Crippen LogP contribution in [0.3, 0.4) is 0 Å². The fourth-order valence-corrected chi connectivity index (χ4v) is 5.26. The number of methoxy groups -OCH3 is 1. The number of rotatable bonds is 9. The zero-order chi connectivity index (χ0) is 27.2. The van der Waals surface area contributed by atoms with Crippen LogP contribution in [0.25, 0.3) is 0 Å². The number of fused-ring (bicyclic) bond motifs is 1. The third-order valence-electron chi connectivity index (χ3n) is 7.13. The van der Waals surface area contributed by atoms with Crippen molar-refractivity contribution in [3.05, 3.63) is 118 Å². The Labute approximate surface area is 233 Å². The van der Waals surface area contributed by atoms with Gasteiger partial charge in [0.25, 0.3) is 0 Å². The van der Waals surface area contributed by atoms with E-state index in [-0.39, 0.29) is 11.9 Å². The number of nitriles is 1. The van der Waals surface area contributed by atoms with Crippen LogP contribution in [0, 0.1) is 11.3 Å². The van der Waals surface area contributed by atoms with Gasteiger partial charge >= 0.3 is 0 Å². The second-order valence-electron chi connectivity index (χ2n) is 9.75. The van der Waals surface area contributed by atoms with Gasteiger partial charge in [0.05, 0.1) is 31.1 Å². The Morgan fingerprint density at radius 1 is 1.10 bits per heavy atom. The average Bonchev–Trinajstić information content (AvgIpc) is 3.39. The van der Waals surface area contributed by atoms with E-state index in [4.69, 9.17) is 21.6 Å². The molecule has 39 heavy (non-hydrogen) atoms. The second kappa shape index (κ2) is 12.2. The minimum absolute atomic E-state index is 0.0108. The smallest absolute Gasteiger partial charge is 0.237 e. The van der Waals surface area contributed by atoms with Gasteiger partial charge < -0.3 is 14.6 Å². The lowest BCUT2D eigenvalue weighted by atomic mass is 9.92. The van der Waals surface area contributed by atoms with Crippen molar-refractivity contribution >= 4 is 17.5 Å². The van der Waals surface area contributed by atoms with Crippen LogP contribution in [0.5, 0.6) is 5.75 Å². The topological polar surface area (TPSA) is 83.2 Å². The van der Waals surface area contributed by atoms with Gasteiger partial charge in [-0.25, -0.2) is 4.98 Å². The van der Waals surface area contributed by atoms with Gasteiger partial charge in [0.1, 0.15) is 5.75 Å². The lowest BCUT2D eigenvalue weighted by Crippen LogP contribution is -2.50. The molecule has 0 aliphatic carbocycles. The van der Waals surface area contributed by atoms with Gasteiger partial charge in [-0.1, -0.05) is 41.9 Å². The van der Waals surface area contributed by atoms with Crippen molar-refractivity contribution in [1.29, 1.82) is 5.26 Å². The first-order chi connectivity index (χ1) is 19.0. The summed E-state index contributed by atoms with van der Waals surface area (Å²) in [7, 11) is 1.67. The van der Waals surface area contributed by atoms with Crippen molar-refractivity contribution < 1.29 is 9.53 Å². The lowest BCUT2D eigenvalue weighted by Gasteiger charge is -2.36. The summed E-state index contributed by atoms with van der Waals surface area (Å²) in [4.78, 5) is 20.0. The lowest BCUT2D eigenvalue weighted by molar-refractivity contribution is -0.127. The number of benzene rings is 3. The molecule has 3 aromatic carbocycles. The van der Waals surface area contributed by atoms with Gasteiger partial charge in [-0.15, -0.1) is 0 Å². The zero-order valence-corrected chi connectivity index (χ0v) is 22.6. The van der Waals surface area contributed by atoms with Crippen molar-refractivity contribution in [2.45, 2.75) is 38.5 Å². The molecule has 8 heteroatoms. The van der Waals surface area contributed by atoms with Crippen LogP contribution in [0.4, 0.5) is 0 Å². The van der Waals surface area contributed by atoms with E-state index < -0.39 is 0 Å². The maximum atomic E-state index is 13.5. The standard InChI is InChI=1S/C31H30ClN5O2/c1-39-29-10-9-25-15-30(36(20-26(25)14-29)19-24-3-2-4-27(32)13-24)31(38)35-12-11-28-17-34-21-37(28)18-23-7-5-22(16-33)6-8-23/h2-10,13-14,17,21,30H,11-12,15,18-20H2,1H3,(H,35,38)/t30-/m0/s1. The Kier molecular flexibility index (Phi) is 8.26. The first-order valence-electron chi connectivity index (χ1n) is 12.9. The van der Waals surface area contributed by atoms with Gasteiger partial charge in [-0.2, -0.15) is 5.26 Å². The van der Waals surface area contributed by atoms with Crippen LogP contribution in [0.1, 0.15) is 33.5 Å². The molecule has 0 saturated heterocycles. The van der Waals surface area contributed by atoms with Crippen LogP contribution in [0.15, 0.2) is 79.3 Å². The van der Waals surface area contributed by atoms with Crippen LogP contribution < -0.4 is 10.1 Å². The number of nitrogens with one attached hydrogen (secondary N) is 1. The molecule has 0 bridgehead atoms. The number of imidazole rings is 1. The summed E-state index contributed by atoms with van der Waals surface area (Å²) in [6, 6.07) is 23.3. The van der Waals surface area contributed by atoms with E-state index in [9.17, 15) is 4.79 Å². The van der Waals surface area contributed by atoms with E-state index in [2.05, 4.69) is 38.0 Å². The first kappa shape index (κ1) is 26.5. The van der Waals surface area contributed by atoms with Crippen molar-refractivity contribution in [2.75, 3.05) is 13.7 Å². The van der Waals surface area contributed by atoms with Crippen LogP contribution in [-0.4, -0.2) is 40.1 Å². The largest absolute Gasteiger partial charge is 0.497 e. The van der Waals surface area contributed by atoms with Gasteiger partial charge in [0.2, 0.25) is 5.91 Å². The summed E-state index contributed by atoms with van der Waals surface area (Å²) in [6.07, 6.45) is 4.93. The first-order valence-corrected chi connectivity index (χ1v) is 13.3. The molecule has 1 atom stereocenters. The second-order valence-corrected chi connectivity index (χ2v) is 10.2. The van der Waals surface area contributed by atoms with Crippen molar-refractivity contribution in [3.8, 4) is 11.8 Å². The molecule has 1 amide bonds. The molecule has 1 aromatic heterocycles. The molecule has 5 rings (SSSR count). The average molecular weight is 540 g/mol. The number of nitrogens with zero attached hydrogens (tertiary/aromatic N) is 4. The highest BCUT2D eigenvalue weighted by molar-refractivity contribution is 6.30. The molecule has 1 aliphatic rings. The summed E-state index contributed by atoms with van der Waals surface area (Å²) in [5.41, 5.74) is 6.17. The van der Waals surface area contributed by atoms with E-state index >= 15 is 0 Å². The van der Waals surface area contributed by atoms with Gasteiger partial charge in [-0.3, -0.25) is 9.69 Å². The molecule has 4 aromatic rings. The Bertz CT molecular complexity index is 1490. The maximum Gasteiger partial charge on any atom is 0.237 e. The fraction of sp³-hybridized carbons (Fsp3) is 0.258. The number of halogens is 1. The molecule has 0 saturated carbocycles. The Morgan fingerprint density at radius 2 is 1.95 bits per heavy atom. The molecule has 0 radical (unpaired) electrons. The number of amides is 1. The minimum Gasteiger partial charge on any atom is -0.497 e. The highest BCUT2D eigenvalue weighted by Gasteiger charge is 2.31. The summed E-state index contributed by atoms with van der Waals surface area (Å²) >= 11 is 6.24. The number of hydrogen-bond donors (Lipinski definition) is 1. The van der Waals surface area contributed by atoms with Crippen LogP contribution in [-0.2, 0) is 37.3 Å². The predicted octanol–water partition coefficient (Wildman–Crippen LogP) is 4.75. The van der Waals surface area contributed by atoms with E-state index in [0.717, 1.165) is 22.6 Å². The number of carbonyl (C=O) groups is 1. The third kappa shape index (κ3) is 6.48. The van der Waals surface area contributed by atoms with Crippen molar-refractivity contribution in [3.63, 3.8) is 0 Å². The third-order valence-corrected chi connectivity index (χ3v) is 7.37. The van der Waals surface area contributed by atoms with E-state index in [1.807, 2.05) is 60.8 Å². The van der Waals surface area contributed by atoms with Crippen LogP contribution in [0.2, 0.25) is 5.02 Å².